The molecular formula is C40H64F6O19S4. The van der Waals surface area contributed by atoms with Crippen molar-refractivity contribution in [1.82, 2.24) is 0 Å². The largest absolute Gasteiger partial charge is 0.486 e. The lowest BCUT2D eigenvalue weighted by atomic mass is 10.1. The third-order valence-corrected chi connectivity index (χ3v) is 14.5. The molecular weight excluding hydrogens is 1030 g/mol. The minimum Gasteiger partial charge on any atom is -0.486 e. The summed E-state index contributed by atoms with van der Waals surface area (Å²) in [6, 6.07) is 36.1. The van der Waals surface area contributed by atoms with Gasteiger partial charge in [-0.15, -0.1) is 0 Å². The van der Waals surface area contributed by atoms with Crippen LogP contribution in [0.25, 0.3) is 11.1 Å². The molecule has 0 saturated carbocycles. The number of hydrogen-bond donors (Lipinski definition) is 6. The highest BCUT2D eigenvalue weighted by atomic mass is 33.2. The van der Waals surface area contributed by atoms with Crippen LogP contribution in [-0.4, -0.2) is 147 Å². The van der Waals surface area contributed by atoms with Crippen molar-refractivity contribution in [3.8, 4) is 34.1 Å². The molecule has 2 aliphatic heterocycles. The molecule has 0 bridgehead atoms. The van der Waals surface area contributed by atoms with E-state index in [2.05, 4.69) is 53.3 Å². The summed E-state index contributed by atoms with van der Waals surface area (Å²) in [6.07, 6.45) is 0.263. The van der Waals surface area contributed by atoms with Crippen LogP contribution < -0.4 is 18.9 Å². The molecule has 0 amide bonds. The van der Waals surface area contributed by atoms with Crippen molar-refractivity contribution in [2.24, 2.45) is 0 Å². The highest BCUT2D eigenvalue weighted by Gasteiger charge is 2.39. The van der Waals surface area contributed by atoms with Gasteiger partial charge in [0.2, 0.25) is 17.3 Å². The van der Waals surface area contributed by atoms with Crippen molar-refractivity contribution >= 4 is 35.6 Å². The number of para-hydroxylation sites is 4. The quantitative estimate of drug-likeness (QED) is 0.0572. The summed E-state index contributed by atoms with van der Waals surface area (Å²) >= 11 is 0. The second-order valence-corrected chi connectivity index (χ2v) is 25.6. The Bertz CT molecular complexity index is 2060. The molecule has 0 radical (unpaired) electrons. The Hall–Kier alpha value is -4.50. The van der Waals surface area contributed by atoms with Crippen LogP contribution in [-0.2, 0) is 49.8 Å². The molecule has 0 spiro atoms. The van der Waals surface area contributed by atoms with Gasteiger partial charge in [0.15, 0.2) is 35.2 Å². The van der Waals surface area contributed by atoms with E-state index in [1.165, 1.54) is 11.1 Å². The smallest absolute Gasteiger partial charge is 0.368 e. The van der Waals surface area contributed by atoms with E-state index >= 15 is 0 Å². The number of halogens is 6. The maximum Gasteiger partial charge on any atom is 0.368 e. The molecule has 0 aliphatic carbocycles. The van der Waals surface area contributed by atoms with E-state index in [9.17, 15) is 34.0 Å². The van der Waals surface area contributed by atoms with Gasteiger partial charge in [-0.05, 0) is 35.4 Å². The zero-order chi connectivity index (χ0) is 55.0. The third kappa shape index (κ3) is 32.9. The van der Waals surface area contributed by atoms with Crippen LogP contribution in [0.4, 0.5) is 27.1 Å². The molecule has 0 saturated heterocycles. The highest BCUT2D eigenvalue weighted by Crippen LogP contribution is 2.32. The van der Waals surface area contributed by atoms with Crippen molar-refractivity contribution in [3.05, 3.63) is 109 Å². The van der Waals surface area contributed by atoms with Gasteiger partial charge in [-0.2, -0.15) is 16.8 Å². The molecule has 29 heteroatoms. The summed E-state index contributed by atoms with van der Waals surface area (Å²) in [4.78, 5) is 0. The summed E-state index contributed by atoms with van der Waals surface area (Å²) < 4.78 is 195. The van der Waals surface area contributed by atoms with E-state index in [-0.39, 0.29) is 24.7 Å². The Balaban J connectivity index is -0.000000235. The van der Waals surface area contributed by atoms with Gasteiger partial charge in [0.05, 0.1) is 40.1 Å². The van der Waals surface area contributed by atoms with Crippen LogP contribution in [0.1, 0.15) is 13.8 Å². The SMILES string of the molecule is CC.CF.CF.COC.COCC1COc2ccccc2O1.COCC1COc2ccccc2O1.CS(=O)(O)(O)S(=O)(=O)O.CS(=O)(O)(O)S(=O)(=O)O.FF.FF.c1ccc(-c2ccccc2)cc1. The second kappa shape index (κ2) is 38.3. The van der Waals surface area contributed by atoms with Crippen LogP contribution >= 0.6 is 0 Å². The van der Waals surface area contributed by atoms with Crippen molar-refractivity contribution in [2.45, 2.75) is 26.1 Å². The van der Waals surface area contributed by atoms with Gasteiger partial charge in [0.1, 0.15) is 13.2 Å². The van der Waals surface area contributed by atoms with Crippen LogP contribution in [0.5, 0.6) is 23.0 Å². The first-order chi connectivity index (χ1) is 32.2. The average molecular weight is 1090 g/mol. The summed E-state index contributed by atoms with van der Waals surface area (Å²) in [7, 11) is -14.6. The van der Waals surface area contributed by atoms with E-state index in [1.807, 2.05) is 74.5 Å². The first-order valence-corrected chi connectivity index (χ1v) is 27.2. The zero-order valence-corrected chi connectivity index (χ0v) is 42.5. The molecule has 19 nitrogen and oxygen atoms in total. The van der Waals surface area contributed by atoms with E-state index in [1.54, 1.807) is 28.4 Å². The Morgan fingerprint density at radius 3 is 0.913 bits per heavy atom. The van der Waals surface area contributed by atoms with Gasteiger partial charge in [-0.25, -0.2) is 8.42 Å². The Labute approximate surface area is 398 Å². The molecule has 2 aliphatic rings. The lowest BCUT2D eigenvalue weighted by molar-refractivity contribution is 0.0272. The maximum atomic E-state index is 10.1. The summed E-state index contributed by atoms with van der Waals surface area (Å²) in [6.45, 7) is 6.25. The van der Waals surface area contributed by atoms with Gasteiger partial charge >= 0.3 is 18.3 Å². The lowest BCUT2D eigenvalue weighted by Gasteiger charge is -2.25. The van der Waals surface area contributed by atoms with Gasteiger partial charge in [-0.1, -0.05) is 98.8 Å². The third-order valence-electron chi connectivity index (χ3n) is 6.69. The molecule has 6 rings (SSSR count). The molecule has 0 aromatic heterocycles. The van der Waals surface area contributed by atoms with Gasteiger partial charge in [0.25, 0.3) is 0 Å². The molecule has 4 aromatic carbocycles. The number of methoxy groups -OCH3 is 3. The fourth-order valence-corrected chi connectivity index (χ4v) is 3.92. The number of ether oxygens (including phenoxy) is 7. The number of hydrogen-bond acceptors (Lipinski definition) is 13. The Morgan fingerprint density at radius 1 is 0.507 bits per heavy atom. The van der Waals surface area contributed by atoms with Crippen LogP contribution in [0, 0.1) is 0 Å². The summed E-state index contributed by atoms with van der Waals surface area (Å²) in [5, 5.41) is 0. The average Bonchev–Trinajstić information content (AvgIpc) is 3.32. The summed E-state index contributed by atoms with van der Waals surface area (Å²) in [5.41, 5.74) is 2.55. The number of benzene rings is 4. The second-order valence-electron chi connectivity index (χ2n) is 12.2. The Morgan fingerprint density at radius 2 is 0.710 bits per heavy atom. The monoisotopic (exact) mass is 1090 g/mol. The number of alkyl halides is 2. The zero-order valence-electron chi connectivity index (χ0n) is 39.3. The van der Waals surface area contributed by atoms with Crippen molar-refractivity contribution in [2.75, 3.05) is 81.7 Å². The van der Waals surface area contributed by atoms with Crippen LogP contribution in [0.15, 0.2) is 109 Å². The minimum absolute atomic E-state index is 0.0138. The van der Waals surface area contributed by atoms with Gasteiger partial charge in [0, 0.05) is 46.7 Å². The fourth-order valence-electron chi connectivity index (χ4n) is 3.92. The Kier molecular flexibility index (Phi) is 40.8. The fraction of sp³-hybridized carbons (Fsp3) is 0.400. The first kappa shape index (κ1) is 73.5. The molecule has 2 unspecified atom stereocenters. The van der Waals surface area contributed by atoms with Gasteiger partial charge < -0.3 is 33.2 Å². The minimum atomic E-state index is -5.81. The van der Waals surface area contributed by atoms with E-state index in [0.717, 1.165) is 23.0 Å². The molecule has 404 valence electrons. The topological polar surface area (TPSA) is 288 Å². The van der Waals surface area contributed by atoms with Crippen LogP contribution in [0.2, 0.25) is 0 Å². The highest BCUT2D eigenvalue weighted by molar-refractivity contribution is 8.74. The van der Waals surface area contributed by atoms with Gasteiger partial charge in [-0.3, -0.25) is 36.1 Å². The molecule has 2 heterocycles. The summed E-state index contributed by atoms with van der Waals surface area (Å²) in [5.74, 6) is 3.23. The van der Waals surface area contributed by atoms with Crippen molar-refractivity contribution < 1.29 is 113 Å². The van der Waals surface area contributed by atoms with E-state index in [4.69, 9.17) is 74.0 Å². The number of fused-ring (bicyclic) bond motifs is 2. The van der Waals surface area contributed by atoms with Crippen LogP contribution in [0.3, 0.4) is 0 Å². The van der Waals surface area contributed by atoms with E-state index in [0.29, 0.717) is 40.8 Å². The number of rotatable bonds is 7. The standard InChI is InChI=1S/C12H10.2C10H12O3.C2H6O.C2H6.2CH3F.2CH6O6S2.2F2/c1-3-7-11(8-4-1)12-9-5-2-6-10-12;2*1-11-6-8-7-12-9-4-2-3-5-10(9)13-8;1-3-2;3*1-2;2*1-9(5,6,7)8(2,3)4;2*1-2/h1-10H;2*2-5,8H,6-7H2,1H3;1-2H3;1-2H3;2*1H3;2*1H3,(H,2,3,4)(H2,5,6,7);;. The molecule has 2 atom stereocenters. The molecule has 6 N–H and O–H groups in total. The maximum absolute atomic E-state index is 10.1. The van der Waals surface area contributed by atoms with E-state index < -0.39 is 35.6 Å². The lowest BCUT2D eigenvalue weighted by Crippen LogP contribution is -2.38. The molecule has 0 fully saturated rings. The predicted molar refractivity (Wildman–Crippen MR) is 253 cm³/mol. The predicted octanol–water partition coefficient (Wildman–Crippen LogP) is 8.81. The normalized spacial score (nSPS) is 14.7. The van der Waals surface area contributed by atoms with Crippen molar-refractivity contribution in [1.29, 1.82) is 0 Å². The van der Waals surface area contributed by atoms with Crippen molar-refractivity contribution in [3.63, 3.8) is 0 Å². The molecule has 4 aromatic rings. The molecule has 69 heavy (non-hydrogen) atoms. The first-order valence-electron chi connectivity index (χ1n) is 18.7.